The highest BCUT2D eigenvalue weighted by atomic mass is 16.5. The van der Waals surface area contributed by atoms with Crippen molar-refractivity contribution < 1.29 is 14.3 Å². The van der Waals surface area contributed by atoms with Crippen LogP contribution >= 0.6 is 0 Å². The average Bonchev–Trinajstić information content (AvgIpc) is 2.22. The van der Waals surface area contributed by atoms with E-state index >= 15 is 0 Å². The number of hydrogen-bond acceptors (Lipinski definition) is 3. The Bertz CT molecular complexity index is 160. The molecule has 14 heavy (non-hydrogen) atoms. The maximum Gasteiger partial charge on any atom is 0.222 e. The number of carbonyl (C=O) groups excluding carboxylic acids is 2. The first-order chi connectivity index (χ1) is 6.70. The molecule has 4 heteroatoms. The minimum atomic E-state index is -0.0189. The van der Waals surface area contributed by atoms with Crippen molar-refractivity contribution in [2.45, 2.75) is 32.6 Å². The van der Waals surface area contributed by atoms with Crippen molar-refractivity contribution in [2.24, 2.45) is 0 Å². The number of nitrogens with one attached hydrogen (secondary N) is 1. The van der Waals surface area contributed by atoms with Gasteiger partial charge < -0.3 is 10.1 Å². The van der Waals surface area contributed by atoms with E-state index in [2.05, 4.69) is 5.32 Å². The molecule has 0 aliphatic heterocycles. The third-order valence-corrected chi connectivity index (χ3v) is 1.89. The highest BCUT2D eigenvalue weighted by Gasteiger charge is 1.99. The van der Waals surface area contributed by atoms with Gasteiger partial charge in [-0.2, -0.15) is 0 Å². The number of amides is 1. The second kappa shape index (κ2) is 8.69. The van der Waals surface area contributed by atoms with E-state index in [-0.39, 0.29) is 11.7 Å². The smallest absolute Gasteiger partial charge is 0.222 e. The van der Waals surface area contributed by atoms with E-state index < -0.39 is 0 Å². The lowest BCUT2D eigenvalue weighted by Crippen LogP contribution is -2.19. The molecule has 1 amide bonds. The van der Waals surface area contributed by atoms with Crippen LogP contribution < -0.4 is 5.32 Å². The first-order valence-electron chi connectivity index (χ1n) is 5.00. The summed E-state index contributed by atoms with van der Waals surface area (Å²) in [6, 6.07) is 0. The Morgan fingerprint density at radius 3 is 2.50 bits per heavy atom. The quantitative estimate of drug-likeness (QED) is 0.593. The van der Waals surface area contributed by atoms with Gasteiger partial charge >= 0.3 is 0 Å². The first-order valence-corrected chi connectivity index (χ1v) is 5.00. The maximum absolute atomic E-state index is 10.9. The summed E-state index contributed by atoms with van der Waals surface area (Å²) in [4.78, 5) is 21.6. The second-order valence-corrected chi connectivity index (χ2v) is 3.03. The molecule has 0 radical (unpaired) electrons. The minimum Gasteiger partial charge on any atom is -0.381 e. The number of Topliss-reactive ketones (excluding diaryl/α,β-unsaturated/α-hetero) is 1. The maximum atomic E-state index is 10.9. The largest absolute Gasteiger partial charge is 0.381 e. The van der Waals surface area contributed by atoms with Gasteiger partial charge in [0.1, 0.15) is 5.78 Å². The number of ether oxygens (including phenoxy) is 1. The van der Waals surface area contributed by atoms with Crippen LogP contribution in [0.2, 0.25) is 0 Å². The van der Waals surface area contributed by atoms with Gasteiger partial charge in [0.05, 0.1) is 6.61 Å². The van der Waals surface area contributed by atoms with Crippen LogP contribution in [0.15, 0.2) is 0 Å². The average molecular weight is 201 g/mol. The number of carbonyl (C=O) groups is 2. The fourth-order valence-electron chi connectivity index (χ4n) is 0.940. The normalized spacial score (nSPS) is 9.86. The predicted octanol–water partition coefficient (Wildman–Crippen LogP) is 0.898. The molecule has 0 aromatic rings. The Balaban J connectivity index is 3.14. The molecule has 0 unspecified atom stereocenters. The Labute approximate surface area is 85.0 Å². The van der Waals surface area contributed by atoms with Crippen LogP contribution in [0.25, 0.3) is 0 Å². The van der Waals surface area contributed by atoms with E-state index in [9.17, 15) is 9.59 Å². The molecule has 82 valence electrons. The highest BCUT2D eigenvalue weighted by Crippen LogP contribution is 1.95. The van der Waals surface area contributed by atoms with Crippen LogP contribution in [0.3, 0.4) is 0 Å². The fraction of sp³-hybridized carbons (Fsp3) is 0.800. The van der Waals surface area contributed by atoms with Crippen LogP contribution in [-0.2, 0) is 14.3 Å². The third kappa shape index (κ3) is 7.73. The zero-order chi connectivity index (χ0) is 10.8. The summed E-state index contributed by atoms with van der Waals surface area (Å²) < 4.78 is 5.19. The minimum absolute atomic E-state index is 0.0189. The molecule has 0 fully saturated rings. The van der Waals surface area contributed by atoms with Gasteiger partial charge in [0.15, 0.2) is 0 Å². The number of hydrogen-bond donors (Lipinski definition) is 1. The molecular formula is C10H19NO3. The molecule has 1 N–H and O–H groups in total. The van der Waals surface area contributed by atoms with Crippen molar-refractivity contribution in [3.8, 4) is 0 Å². The summed E-state index contributed by atoms with van der Waals surface area (Å²) in [6.45, 7) is 2.84. The summed E-state index contributed by atoms with van der Waals surface area (Å²) >= 11 is 0. The van der Waals surface area contributed by atoms with E-state index in [1.54, 1.807) is 7.05 Å². The van der Waals surface area contributed by atoms with Gasteiger partial charge in [-0.25, -0.2) is 0 Å². The third-order valence-electron chi connectivity index (χ3n) is 1.89. The fourth-order valence-corrected chi connectivity index (χ4v) is 0.940. The van der Waals surface area contributed by atoms with Crippen LogP contribution in [0.1, 0.15) is 32.6 Å². The van der Waals surface area contributed by atoms with Crippen LogP contribution in [-0.4, -0.2) is 32.0 Å². The standard InChI is InChI=1S/C10H19NO3/c1-3-9(12)5-4-7-14-8-6-10(13)11-2/h3-8H2,1-2H3,(H,11,13). The van der Waals surface area contributed by atoms with E-state index in [0.29, 0.717) is 32.5 Å². The summed E-state index contributed by atoms with van der Waals surface area (Å²) in [7, 11) is 1.60. The number of rotatable bonds is 8. The molecule has 0 aliphatic carbocycles. The Morgan fingerprint density at radius 2 is 1.93 bits per heavy atom. The van der Waals surface area contributed by atoms with Gasteiger partial charge in [-0.3, -0.25) is 9.59 Å². The molecule has 0 bridgehead atoms. The molecule has 0 rings (SSSR count). The number of ketones is 1. The lowest BCUT2D eigenvalue weighted by Gasteiger charge is -2.02. The monoisotopic (exact) mass is 201 g/mol. The van der Waals surface area contributed by atoms with Crippen LogP contribution in [0, 0.1) is 0 Å². The molecule has 0 saturated heterocycles. The lowest BCUT2D eigenvalue weighted by molar-refractivity contribution is -0.122. The summed E-state index contributed by atoms with van der Waals surface area (Å²) in [6.07, 6.45) is 2.31. The van der Waals surface area contributed by atoms with E-state index in [1.807, 2.05) is 6.92 Å². The molecular weight excluding hydrogens is 182 g/mol. The molecule has 0 aliphatic rings. The summed E-state index contributed by atoms with van der Waals surface area (Å²) in [5.74, 6) is 0.245. The SMILES string of the molecule is CCC(=O)CCCOCCC(=O)NC. The molecule has 0 aromatic heterocycles. The lowest BCUT2D eigenvalue weighted by atomic mass is 10.2. The van der Waals surface area contributed by atoms with Crippen molar-refractivity contribution in [3.05, 3.63) is 0 Å². The molecule has 0 spiro atoms. The van der Waals surface area contributed by atoms with E-state index in [1.165, 1.54) is 0 Å². The van der Waals surface area contributed by atoms with Gasteiger partial charge in [-0.1, -0.05) is 6.92 Å². The molecule has 0 heterocycles. The summed E-state index contributed by atoms with van der Waals surface area (Å²) in [5, 5.41) is 2.51. The van der Waals surface area contributed by atoms with Crippen molar-refractivity contribution in [1.29, 1.82) is 0 Å². The van der Waals surface area contributed by atoms with Crippen molar-refractivity contribution in [2.75, 3.05) is 20.3 Å². The second-order valence-electron chi connectivity index (χ2n) is 3.03. The zero-order valence-electron chi connectivity index (χ0n) is 8.97. The molecule has 0 saturated carbocycles. The van der Waals surface area contributed by atoms with E-state index in [4.69, 9.17) is 4.74 Å². The van der Waals surface area contributed by atoms with Crippen LogP contribution in [0.5, 0.6) is 0 Å². The van der Waals surface area contributed by atoms with Crippen LogP contribution in [0.4, 0.5) is 0 Å². The van der Waals surface area contributed by atoms with Crippen molar-refractivity contribution >= 4 is 11.7 Å². The van der Waals surface area contributed by atoms with Crippen molar-refractivity contribution in [3.63, 3.8) is 0 Å². The van der Waals surface area contributed by atoms with E-state index in [0.717, 1.165) is 6.42 Å². The van der Waals surface area contributed by atoms with Gasteiger partial charge in [-0.05, 0) is 6.42 Å². The van der Waals surface area contributed by atoms with Gasteiger partial charge in [-0.15, -0.1) is 0 Å². The molecule has 0 atom stereocenters. The van der Waals surface area contributed by atoms with Gasteiger partial charge in [0.2, 0.25) is 5.91 Å². The highest BCUT2D eigenvalue weighted by molar-refractivity contribution is 5.77. The molecule has 4 nitrogen and oxygen atoms in total. The Kier molecular flexibility index (Phi) is 8.13. The Morgan fingerprint density at radius 1 is 1.21 bits per heavy atom. The van der Waals surface area contributed by atoms with Gasteiger partial charge in [0, 0.05) is 32.9 Å². The first kappa shape index (κ1) is 13.1. The van der Waals surface area contributed by atoms with Gasteiger partial charge in [0.25, 0.3) is 0 Å². The molecule has 0 aromatic carbocycles. The summed E-state index contributed by atoms with van der Waals surface area (Å²) in [5.41, 5.74) is 0. The Hall–Kier alpha value is -0.900. The van der Waals surface area contributed by atoms with Crippen molar-refractivity contribution in [1.82, 2.24) is 5.32 Å². The predicted molar refractivity (Wildman–Crippen MR) is 54.0 cm³/mol. The zero-order valence-corrected chi connectivity index (χ0v) is 8.97. The topological polar surface area (TPSA) is 55.4 Å².